The smallest absolute Gasteiger partial charge is 0.279 e. The number of carbonyl (C=O) groups is 2. The predicted octanol–water partition coefficient (Wildman–Crippen LogP) is 0.483. The predicted molar refractivity (Wildman–Crippen MR) is 81.3 cm³/mol. The first kappa shape index (κ1) is 18.9. The lowest BCUT2D eigenvalue weighted by Gasteiger charge is -2.35. The number of nitrogens with zero attached hydrogens (tertiary/aromatic N) is 2. The fourth-order valence-corrected chi connectivity index (χ4v) is 2.33. The Bertz CT molecular complexity index is 339. The van der Waals surface area contributed by atoms with Gasteiger partial charge < -0.3 is 24.0 Å². The fraction of sp³-hybridized carbons (Fsp3) is 0.867. The van der Waals surface area contributed by atoms with Crippen molar-refractivity contribution in [2.45, 2.75) is 32.5 Å². The first-order chi connectivity index (χ1) is 10.6. The lowest BCUT2D eigenvalue weighted by atomic mass is 10.3. The van der Waals surface area contributed by atoms with Crippen molar-refractivity contribution in [3.05, 3.63) is 0 Å². The number of carbonyl (C=O) groups excluding carboxylic acids is 2. The van der Waals surface area contributed by atoms with Gasteiger partial charge in [-0.3, -0.25) is 9.59 Å². The SMILES string of the molecule is CCCCCOCC(=O)N1CCN(C(=O)C(OC)OC)CC1. The third-order valence-electron chi connectivity index (χ3n) is 3.69. The lowest BCUT2D eigenvalue weighted by molar-refractivity contribution is -0.172. The van der Waals surface area contributed by atoms with E-state index >= 15 is 0 Å². The van der Waals surface area contributed by atoms with E-state index in [1.54, 1.807) is 9.80 Å². The molecule has 0 atom stereocenters. The molecule has 0 aromatic carbocycles. The molecule has 0 radical (unpaired) electrons. The van der Waals surface area contributed by atoms with Crippen LogP contribution in [0.5, 0.6) is 0 Å². The Morgan fingerprint density at radius 1 is 1.00 bits per heavy atom. The van der Waals surface area contributed by atoms with Crippen molar-refractivity contribution in [2.75, 3.05) is 53.6 Å². The van der Waals surface area contributed by atoms with Gasteiger partial charge in [0.1, 0.15) is 6.61 Å². The summed E-state index contributed by atoms with van der Waals surface area (Å²) in [5.74, 6) is -0.216. The lowest BCUT2D eigenvalue weighted by Crippen LogP contribution is -2.54. The molecule has 1 aliphatic rings. The number of hydrogen-bond donors (Lipinski definition) is 0. The highest BCUT2D eigenvalue weighted by Crippen LogP contribution is 2.07. The molecular formula is C15H28N2O5. The molecule has 0 aliphatic carbocycles. The van der Waals surface area contributed by atoms with E-state index < -0.39 is 6.29 Å². The van der Waals surface area contributed by atoms with Crippen LogP contribution in [0.3, 0.4) is 0 Å². The van der Waals surface area contributed by atoms with Gasteiger partial charge >= 0.3 is 0 Å². The summed E-state index contributed by atoms with van der Waals surface area (Å²) in [7, 11) is 2.86. The van der Waals surface area contributed by atoms with Crippen LogP contribution < -0.4 is 0 Å². The van der Waals surface area contributed by atoms with Gasteiger partial charge in [0, 0.05) is 47.0 Å². The van der Waals surface area contributed by atoms with Crippen LogP contribution in [0.4, 0.5) is 0 Å². The molecule has 0 aromatic heterocycles. The van der Waals surface area contributed by atoms with Crippen LogP contribution >= 0.6 is 0 Å². The second-order valence-electron chi connectivity index (χ2n) is 5.27. The topological polar surface area (TPSA) is 68.3 Å². The molecule has 2 amide bonds. The highest BCUT2D eigenvalue weighted by Gasteiger charge is 2.28. The quantitative estimate of drug-likeness (QED) is 0.457. The number of hydrogen-bond acceptors (Lipinski definition) is 5. The zero-order valence-corrected chi connectivity index (χ0v) is 13.9. The maximum absolute atomic E-state index is 12.1. The zero-order valence-electron chi connectivity index (χ0n) is 13.9. The number of unbranched alkanes of at least 4 members (excludes halogenated alkanes) is 2. The van der Waals surface area contributed by atoms with Gasteiger partial charge in [-0.1, -0.05) is 19.8 Å². The highest BCUT2D eigenvalue weighted by atomic mass is 16.7. The Hall–Kier alpha value is -1.18. The molecule has 1 saturated heterocycles. The summed E-state index contributed by atoms with van der Waals surface area (Å²) in [4.78, 5) is 27.4. The standard InChI is InChI=1S/C15H28N2O5/c1-4-5-6-11-22-12-13(18)16-7-9-17(10-8-16)14(19)15(20-2)21-3/h15H,4-12H2,1-3H3. The Kier molecular flexibility index (Phi) is 9.03. The first-order valence-corrected chi connectivity index (χ1v) is 7.83. The van der Waals surface area contributed by atoms with Gasteiger partial charge in [-0.05, 0) is 6.42 Å². The average molecular weight is 316 g/mol. The van der Waals surface area contributed by atoms with Gasteiger partial charge in [0.05, 0.1) is 0 Å². The average Bonchev–Trinajstić information content (AvgIpc) is 2.55. The minimum atomic E-state index is -0.871. The molecule has 1 fully saturated rings. The van der Waals surface area contributed by atoms with Crippen molar-refractivity contribution in [3.63, 3.8) is 0 Å². The van der Waals surface area contributed by atoms with E-state index in [1.165, 1.54) is 14.2 Å². The number of methoxy groups -OCH3 is 2. The third kappa shape index (κ3) is 5.90. The summed E-state index contributed by atoms with van der Waals surface area (Å²) in [6.45, 7) is 4.89. The van der Waals surface area contributed by atoms with E-state index in [0.29, 0.717) is 32.8 Å². The van der Waals surface area contributed by atoms with Crippen molar-refractivity contribution >= 4 is 11.8 Å². The molecular weight excluding hydrogens is 288 g/mol. The van der Waals surface area contributed by atoms with E-state index in [4.69, 9.17) is 14.2 Å². The zero-order chi connectivity index (χ0) is 16.4. The Balaban J connectivity index is 2.26. The monoisotopic (exact) mass is 316 g/mol. The van der Waals surface area contributed by atoms with Crippen LogP contribution in [0.15, 0.2) is 0 Å². The number of amides is 2. The minimum absolute atomic E-state index is 0.0152. The number of rotatable bonds is 9. The normalized spacial score (nSPS) is 15.5. The Morgan fingerprint density at radius 2 is 1.59 bits per heavy atom. The molecule has 22 heavy (non-hydrogen) atoms. The summed E-state index contributed by atoms with van der Waals surface area (Å²) in [5.41, 5.74) is 0. The van der Waals surface area contributed by atoms with Crippen molar-refractivity contribution < 1.29 is 23.8 Å². The molecule has 0 saturated carbocycles. The summed E-state index contributed by atoms with van der Waals surface area (Å²) < 4.78 is 15.3. The maximum atomic E-state index is 12.1. The Labute approximate surface area is 132 Å². The van der Waals surface area contributed by atoms with E-state index in [0.717, 1.165) is 19.3 Å². The van der Waals surface area contributed by atoms with Crippen molar-refractivity contribution in [2.24, 2.45) is 0 Å². The third-order valence-corrected chi connectivity index (χ3v) is 3.69. The molecule has 0 bridgehead atoms. The molecule has 0 unspecified atom stereocenters. The van der Waals surface area contributed by atoms with Gasteiger partial charge in [0.2, 0.25) is 12.2 Å². The molecule has 1 rings (SSSR count). The van der Waals surface area contributed by atoms with Crippen LogP contribution in [-0.4, -0.2) is 81.5 Å². The van der Waals surface area contributed by atoms with E-state index in [2.05, 4.69) is 6.92 Å². The summed E-state index contributed by atoms with van der Waals surface area (Å²) in [6.07, 6.45) is 2.37. The van der Waals surface area contributed by atoms with Gasteiger partial charge in [0.25, 0.3) is 5.91 Å². The number of ether oxygens (including phenoxy) is 3. The molecule has 128 valence electrons. The molecule has 0 aromatic rings. The van der Waals surface area contributed by atoms with Crippen molar-refractivity contribution in [1.29, 1.82) is 0 Å². The number of piperazine rings is 1. The van der Waals surface area contributed by atoms with Crippen LogP contribution in [0.2, 0.25) is 0 Å². The van der Waals surface area contributed by atoms with Gasteiger partial charge in [0.15, 0.2) is 0 Å². The van der Waals surface area contributed by atoms with Crippen molar-refractivity contribution in [1.82, 2.24) is 9.80 Å². The Morgan fingerprint density at radius 3 is 2.14 bits per heavy atom. The highest BCUT2D eigenvalue weighted by molar-refractivity contribution is 5.81. The summed E-state index contributed by atoms with van der Waals surface area (Å²) in [5, 5.41) is 0. The second kappa shape index (κ2) is 10.5. The maximum Gasteiger partial charge on any atom is 0.279 e. The minimum Gasteiger partial charge on any atom is -0.372 e. The molecule has 0 N–H and O–H groups in total. The van der Waals surface area contributed by atoms with Crippen LogP contribution in [0, 0.1) is 0 Å². The summed E-state index contributed by atoms with van der Waals surface area (Å²) >= 11 is 0. The van der Waals surface area contributed by atoms with Gasteiger partial charge in [-0.25, -0.2) is 0 Å². The van der Waals surface area contributed by atoms with Crippen LogP contribution in [-0.2, 0) is 23.8 Å². The molecule has 7 heteroatoms. The largest absolute Gasteiger partial charge is 0.372 e. The molecule has 0 spiro atoms. The fourth-order valence-electron chi connectivity index (χ4n) is 2.33. The first-order valence-electron chi connectivity index (χ1n) is 7.83. The van der Waals surface area contributed by atoms with E-state index in [-0.39, 0.29) is 18.4 Å². The second-order valence-corrected chi connectivity index (χ2v) is 5.27. The van der Waals surface area contributed by atoms with E-state index in [1.807, 2.05) is 0 Å². The molecule has 7 nitrogen and oxygen atoms in total. The van der Waals surface area contributed by atoms with Crippen LogP contribution in [0.25, 0.3) is 0 Å². The van der Waals surface area contributed by atoms with E-state index in [9.17, 15) is 9.59 Å². The summed E-state index contributed by atoms with van der Waals surface area (Å²) in [6, 6.07) is 0. The molecule has 1 aliphatic heterocycles. The van der Waals surface area contributed by atoms with Gasteiger partial charge in [-0.15, -0.1) is 0 Å². The van der Waals surface area contributed by atoms with Crippen molar-refractivity contribution in [3.8, 4) is 0 Å². The van der Waals surface area contributed by atoms with Crippen LogP contribution in [0.1, 0.15) is 26.2 Å². The molecule has 1 heterocycles. The van der Waals surface area contributed by atoms with Gasteiger partial charge in [-0.2, -0.15) is 0 Å².